The van der Waals surface area contributed by atoms with Crippen LogP contribution < -0.4 is 0 Å². The van der Waals surface area contributed by atoms with Crippen LogP contribution in [0, 0.1) is 30.6 Å². The van der Waals surface area contributed by atoms with Crippen molar-refractivity contribution in [3.63, 3.8) is 0 Å². The first-order valence-corrected chi connectivity index (χ1v) is 13.7. The fourth-order valence-corrected chi connectivity index (χ4v) is 5.85. The van der Waals surface area contributed by atoms with Gasteiger partial charge in [-0.15, -0.1) is 12.1 Å². The number of Topliss-reactive ketones (excluding diaryl/α,β-unsaturated/α-hetero) is 1. The molecule has 0 N–H and O–H groups in total. The van der Waals surface area contributed by atoms with Crippen LogP contribution in [0.4, 0.5) is 13.2 Å². The number of aromatic nitrogens is 2. The molecule has 0 saturated heterocycles. The number of hydrogen-bond acceptors (Lipinski definition) is 2. The summed E-state index contributed by atoms with van der Waals surface area (Å²) in [6, 6.07) is 8.16. The predicted molar refractivity (Wildman–Crippen MR) is 138 cm³/mol. The summed E-state index contributed by atoms with van der Waals surface area (Å²) < 4.78 is 41.4. The molecule has 0 unspecified atom stereocenters. The van der Waals surface area contributed by atoms with E-state index in [9.17, 15) is 18.0 Å². The second-order valence-electron chi connectivity index (χ2n) is 11.0. The van der Waals surface area contributed by atoms with Gasteiger partial charge < -0.3 is 0 Å². The van der Waals surface area contributed by atoms with E-state index in [2.05, 4.69) is 25.0 Å². The average molecular weight is 556 g/mol. The molecule has 1 aromatic heterocycles. The Kier molecular flexibility index (Phi) is 12.0. The van der Waals surface area contributed by atoms with Gasteiger partial charge in [0.15, 0.2) is 5.78 Å². The first-order chi connectivity index (χ1) is 17.0. The fraction of sp³-hybridized carbons (Fsp3) is 0.667. The second kappa shape index (κ2) is 14.0. The van der Waals surface area contributed by atoms with Gasteiger partial charge in [-0.1, -0.05) is 52.9 Å². The summed E-state index contributed by atoms with van der Waals surface area (Å²) in [6.45, 7) is 8.64. The van der Waals surface area contributed by atoms with Gasteiger partial charge in [0.05, 0.1) is 12.2 Å². The molecule has 2 aromatic rings. The van der Waals surface area contributed by atoms with E-state index in [0.29, 0.717) is 17.5 Å². The van der Waals surface area contributed by atoms with Crippen molar-refractivity contribution in [3.05, 3.63) is 52.6 Å². The molecular formula is C30H42CrF3N2O-. The summed E-state index contributed by atoms with van der Waals surface area (Å²) in [5.41, 5.74) is 2.60. The number of nitrogens with zero attached hydrogens (tertiary/aromatic N) is 2. The minimum atomic E-state index is -2.95. The molecule has 2 aliphatic carbocycles. The Morgan fingerprint density at radius 2 is 1.78 bits per heavy atom. The summed E-state index contributed by atoms with van der Waals surface area (Å²) in [7, 11) is 0. The molecule has 0 bridgehead atoms. The summed E-state index contributed by atoms with van der Waals surface area (Å²) in [5, 5.41) is 4.09. The zero-order valence-corrected chi connectivity index (χ0v) is 24.2. The molecule has 2 aliphatic rings. The van der Waals surface area contributed by atoms with Crippen molar-refractivity contribution < 1.29 is 35.3 Å². The van der Waals surface area contributed by atoms with E-state index in [1.54, 1.807) is 12.1 Å². The Morgan fingerprint density at radius 1 is 1.14 bits per heavy atom. The number of alkyl halides is 2. The maximum Gasteiger partial charge on any atom is 0.286 e. The summed E-state index contributed by atoms with van der Waals surface area (Å²) in [4.78, 5) is 11.0. The van der Waals surface area contributed by atoms with Crippen molar-refractivity contribution in [2.45, 2.75) is 117 Å². The Bertz CT molecular complexity index is 986. The summed E-state index contributed by atoms with van der Waals surface area (Å²) in [5.74, 6) is -0.806. The number of halogens is 3. The van der Waals surface area contributed by atoms with Crippen LogP contribution in [-0.2, 0) is 34.6 Å². The number of rotatable bonds is 10. The van der Waals surface area contributed by atoms with Gasteiger partial charge in [0.2, 0.25) is 0 Å². The van der Waals surface area contributed by atoms with E-state index in [1.165, 1.54) is 57.9 Å². The standard InChI is InChI=1S/C19H28F.C11H14F2N2O.Cr/c1-4-7-15(8-5-2)18-9-6-10-19(18)16-11-14(3)12-17(20)13-16;1-7(16)6-15-10(11(2,12)13)5-9(14-15)8-3-4-8;/h12-13,15,18-19H,4-10H2,1-3H3;5,8H,3-4,6H2,1-2H3;/q-1;;/t18-,19+;;/m1../s1. The van der Waals surface area contributed by atoms with E-state index in [-0.39, 0.29) is 41.2 Å². The van der Waals surface area contributed by atoms with Crippen LogP contribution in [-0.4, -0.2) is 15.6 Å². The second-order valence-corrected chi connectivity index (χ2v) is 11.0. The smallest absolute Gasteiger partial charge is 0.286 e. The maximum atomic E-state index is 13.7. The van der Waals surface area contributed by atoms with Crippen LogP contribution in [0.25, 0.3) is 0 Å². The molecule has 2 saturated carbocycles. The average Bonchev–Trinajstić information content (AvgIpc) is 3.34. The number of carbonyl (C=O) groups excluding carboxylic acids is 1. The molecule has 206 valence electrons. The number of hydrogen-bond donors (Lipinski definition) is 0. The SMILES string of the molecule is CC(=O)Cn1nc(C2CC2)cc1C(C)(F)F.CCCC(CCC)[C@H]1CCC[C@H]1c1[c-]c(C)cc(F)c1.[Cr]. The molecule has 3 nitrogen and oxygen atoms in total. The van der Waals surface area contributed by atoms with Crippen molar-refractivity contribution in [2.75, 3.05) is 0 Å². The Morgan fingerprint density at radius 3 is 2.30 bits per heavy atom. The molecule has 37 heavy (non-hydrogen) atoms. The Labute approximate surface area is 231 Å². The zero-order valence-electron chi connectivity index (χ0n) is 23.0. The molecular weight excluding hydrogens is 513 g/mol. The van der Waals surface area contributed by atoms with Crippen LogP contribution in [0.1, 0.15) is 120 Å². The molecule has 0 amide bonds. The van der Waals surface area contributed by atoms with Crippen LogP contribution in [0.5, 0.6) is 0 Å². The van der Waals surface area contributed by atoms with Gasteiger partial charge in [-0.25, -0.2) is 4.39 Å². The largest absolute Gasteiger partial charge is 0.298 e. The quantitative estimate of drug-likeness (QED) is 0.276. The Hall–Kier alpha value is -1.58. The van der Waals surface area contributed by atoms with Crippen molar-refractivity contribution >= 4 is 5.78 Å². The normalized spacial score (nSPS) is 19.4. The van der Waals surface area contributed by atoms with Crippen LogP contribution >= 0.6 is 0 Å². The van der Waals surface area contributed by atoms with E-state index in [4.69, 9.17) is 0 Å². The molecule has 2 atom stereocenters. The van der Waals surface area contributed by atoms with Gasteiger partial charge in [0.1, 0.15) is 5.69 Å². The first kappa shape index (κ1) is 31.6. The molecule has 4 rings (SSSR count). The molecule has 0 aliphatic heterocycles. The third kappa shape index (κ3) is 9.00. The van der Waals surface area contributed by atoms with E-state index < -0.39 is 5.92 Å². The maximum absolute atomic E-state index is 13.7. The minimum Gasteiger partial charge on any atom is -0.298 e. The van der Waals surface area contributed by atoms with Gasteiger partial charge in [0.25, 0.3) is 5.92 Å². The van der Waals surface area contributed by atoms with Crippen molar-refractivity contribution in [1.82, 2.24) is 9.78 Å². The fourth-order valence-electron chi connectivity index (χ4n) is 5.85. The molecule has 0 radical (unpaired) electrons. The third-order valence-electron chi connectivity index (χ3n) is 7.50. The van der Waals surface area contributed by atoms with Crippen LogP contribution in [0.3, 0.4) is 0 Å². The topological polar surface area (TPSA) is 34.9 Å². The van der Waals surface area contributed by atoms with Crippen molar-refractivity contribution in [3.8, 4) is 0 Å². The summed E-state index contributed by atoms with van der Waals surface area (Å²) >= 11 is 0. The van der Waals surface area contributed by atoms with Crippen LogP contribution in [0.2, 0.25) is 0 Å². The van der Waals surface area contributed by atoms with Gasteiger partial charge in [-0.05, 0) is 56.4 Å². The monoisotopic (exact) mass is 555 g/mol. The number of ketones is 1. The number of aryl methyl sites for hydroxylation is 1. The number of carbonyl (C=O) groups is 1. The molecule has 7 heteroatoms. The Balaban J connectivity index is 0.000000259. The zero-order chi connectivity index (χ0) is 26.5. The molecule has 2 fully saturated rings. The van der Waals surface area contributed by atoms with Gasteiger partial charge >= 0.3 is 0 Å². The summed E-state index contributed by atoms with van der Waals surface area (Å²) in [6.07, 6.45) is 11.0. The molecule has 1 heterocycles. The van der Waals surface area contributed by atoms with E-state index in [0.717, 1.165) is 47.4 Å². The van der Waals surface area contributed by atoms with Gasteiger partial charge in [0, 0.05) is 36.0 Å². The first-order valence-electron chi connectivity index (χ1n) is 13.7. The van der Waals surface area contributed by atoms with E-state index in [1.807, 2.05) is 6.92 Å². The predicted octanol–water partition coefficient (Wildman–Crippen LogP) is 8.49. The molecule has 0 spiro atoms. The van der Waals surface area contributed by atoms with Crippen LogP contribution in [0.15, 0.2) is 18.2 Å². The van der Waals surface area contributed by atoms with Gasteiger partial charge in [-0.2, -0.15) is 31.1 Å². The van der Waals surface area contributed by atoms with Gasteiger partial charge in [-0.3, -0.25) is 9.48 Å². The minimum absolute atomic E-state index is 0. The van der Waals surface area contributed by atoms with E-state index >= 15 is 0 Å². The van der Waals surface area contributed by atoms with Crippen molar-refractivity contribution in [1.29, 1.82) is 0 Å². The third-order valence-corrected chi connectivity index (χ3v) is 7.50. The number of benzene rings is 1. The van der Waals surface area contributed by atoms with Crippen molar-refractivity contribution in [2.24, 2.45) is 11.8 Å². The molecule has 1 aromatic carbocycles.